The highest BCUT2D eigenvalue weighted by Gasteiger charge is 2.21. The Morgan fingerprint density at radius 1 is 1.06 bits per heavy atom. The summed E-state index contributed by atoms with van der Waals surface area (Å²) in [6.45, 7) is 1.93. The van der Waals surface area contributed by atoms with Gasteiger partial charge in [-0.15, -0.1) is 11.3 Å². The van der Waals surface area contributed by atoms with Crippen LogP contribution in [0.25, 0.3) is 33.5 Å². The molecule has 0 N–H and O–H groups in total. The third kappa shape index (κ3) is 3.67. The van der Waals surface area contributed by atoms with E-state index in [-0.39, 0.29) is 6.10 Å². The van der Waals surface area contributed by atoms with Crippen LogP contribution in [0.4, 0.5) is 0 Å². The van der Waals surface area contributed by atoms with Gasteiger partial charge in [0.15, 0.2) is 5.75 Å². The second kappa shape index (κ2) is 8.35. The first-order valence-corrected chi connectivity index (χ1v) is 10.9. The fraction of sp³-hybridized carbons (Fsp3) is 0.174. The third-order valence-electron chi connectivity index (χ3n) is 5.05. The summed E-state index contributed by atoms with van der Waals surface area (Å²) in [5, 5.41) is 6.62. The maximum atomic E-state index is 6.13. The molecule has 0 fully saturated rings. The van der Waals surface area contributed by atoms with E-state index >= 15 is 0 Å². The fourth-order valence-electron chi connectivity index (χ4n) is 3.50. The average Bonchev–Trinajstić information content (AvgIpc) is 3.49. The van der Waals surface area contributed by atoms with Crippen molar-refractivity contribution in [3.63, 3.8) is 0 Å². The van der Waals surface area contributed by atoms with Crippen LogP contribution in [0, 0.1) is 0 Å². The molecule has 0 spiro atoms. The lowest BCUT2D eigenvalue weighted by Crippen LogP contribution is -2.06. The Labute approximate surface area is 188 Å². The van der Waals surface area contributed by atoms with Gasteiger partial charge in [-0.25, -0.2) is 19.9 Å². The first kappa shape index (κ1) is 20.1. The van der Waals surface area contributed by atoms with E-state index in [4.69, 9.17) is 14.5 Å². The van der Waals surface area contributed by atoms with Crippen molar-refractivity contribution in [2.75, 3.05) is 7.11 Å². The Balaban J connectivity index is 1.66. The molecule has 1 aromatic carbocycles. The summed E-state index contributed by atoms with van der Waals surface area (Å²) in [6.07, 6.45) is 3.18. The fourth-order valence-corrected chi connectivity index (χ4v) is 4.14. The highest BCUT2D eigenvalue weighted by Crippen LogP contribution is 2.37. The number of thiazole rings is 1. The number of fused-ring (bicyclic) bond motifs is 1. The van der Waals surface area contributed by atoms with Crippen molar-refractivity contribution in [3.05, 3.63) is 65.5 Å². The number of rotatable bonds is 6. The molecule has 5 aromatic rings. The largest absolute Gasteiger partial charge is 0.491 e. The number of methoxy groups -OCH3 is 1. The number of benzene rings is 1. The van der Waals surface area contributed by atoms with E-state index in [1.165, 1.54) is 17.7 Å². The minimum absolute atomic E-state index is 0.286. The quantitative estimate of drug-likeness (QED) is 0.375. The van der Waals surface area contributed by atoms with Gasteiger partial charge in [0.2, 0.25) is 0 Å². The molecule has 5 rings (SSSR count). The molecule has 0 saturated carbocycles. The van der Waals surface area contributed by atoms with Crippen molar-refractivity contribution >= 4 is 22.4 Å². The van der Waals surface area contributed by atoms with Crippen LogP contribution in [-0.2, 0) is 7.05 Å². The van der Waals surface area contributed by atoms with E-state index in [1.807, 2.05) is 61.9 Å². The molecule has 160 valence electrons. The van der Waals surface area contributed by atoms with E-state index in [0.717, 1.165) is 22.5 Å². The summed E-state index contributed by atoms with van der Waals surface area (Å²) in [4.78, 5) is 18.1. The van der Waals surface area contributed by atoms with Gasteiger partial charge in [0.05, 0.1) is 23.8 Å². The first-order chi connectivity index (χ1) is 15.6. The molecule has 0 aliphatic rings. The highest BCUT2D eigenvalue weighted by atomic mass is 32.1. The van der Waals surface area contributed by atoms with Crippen molar-refractivity contribution < 1.29 is 9.47 Å². The summed E-state index contributed by atoms with van der Waals surface area (Å²) in [5.41, 5.74) is 7.24. The summed E-state index contributed by atoms with van der Waals surface area (Å²) in [6, 6.07) is 11.8. The molecule has 8 nitrogen and oxygen atoms in total. The number of pyridine rings is 1. The molecule has 9 heteroatoms. The van der Waals surface area contributed by atoms with Gasteiger partial charge in [-0.3, -0.25) is 4.68 Å². The molecule has 0 radical (unpaired) electrons. The number of aromatic nitrogens is 6. The van der Waals surface area contributed by atoms with Gasteiger partial charge < -0.3 is 9.47 Å². The van der Waals surface area contributed by atoms with Crippen molar-refractivity contribution in [2.45, 2.75) is 13.0 Å². The zero-order chi connectivity index (χ0) is 22.1. The van der Waals surface area contributed by atoms with Crippen LogP contribution in [0.5, 0.6) is 11.6 Å². The van der Waals surface area contributed by atoms with Crippen LogP contribution in [0.15, 0.2) is 59.8 Å². The van der Waals surface area contributed by atoms with Crippen LogP contribution in [0.2, 0.25) is 0 Å². The van der Waals surface area contributed by atoms with Crippen molar-refractivity contribution in [1.29, 1.82) is 0 Å². The van der Waals surface area contributed by atoms with Gasteiger partial charge in [-0.05, 0) is 6.92 Å². The molecule has 1 atom stereocenters. The summed E-state index contributed by atoms with van der Waals surface area (Å²) in [7, 11) is 3.47. The molecule has 0 aliphatic carbocycles. The van der Waals surface area contributed by atoms with E-state index in [2.05, 4.69) is 20.1 Å². The van der Waals surface area contributed by atoms with Crippen molar-refractivity contribution in [1.82, 2.24) is 29.7 Å². The number of hydrogen-bond acceptors (Lipinski definition) is 8. The summed E-state index contributed by atoms with van der Waals surface area (Å²) >= 11 is 1.52. The number of nitrogens with zero attached hydrogens (tertiary/aromatic N) is 6. The van der Waals surface area contributed by atoms with Crippen LogP contribution >= 0.6 is 11.3 Å². The van der Waals surface area contributed by atoms with Crippen LogP contribution in [-0.4, -0.2) is 36.8 Å². The molecule has 0 bridgehead atoms. The smallest absolute Gasteiger partial charge is 0.258 e. The lowest BCUT2D eigenvalue weighted by Gasteiger charge is -2.15. The third-order valence-corrected chi connectivity index (χ3v) is 5.65. The zero-order valence-corrected chi connectivity index (χ0v) is 18.6. The Hall–Kier alpha value is -3.85. The minimum Gasteiger partial charge on any atom is -0.491 e. The predicted octanol–water partition coefficient (Wildman–Crippen LogP) is 4.70. The molecule has 0 unspecified atom stereocenters. The summed E-state index contributed by atoms with van der Waals surface area (Å²) < 4.78 is 13.4. The van der Waals surface area contributed by atoms with E-state index in [1.54, 1.807) is 17.3 Å². The highest BCUT2D eigenvalue weighted by molar-refractivity contribution is 7.07. The van der Waals surface area contributed by atoms with Crippen molar-refractivity contribution in [2.24, 2.45) is 7.05 Å². The van der Waals surface area contributed by atoms with E-state index in [9.17, 15) is 0 Å². The van der Waals surface area contributed by atoms with Gasteiger partial charge in [-0.2, -0.15) is 5.10 Å². The zero-order valence-electron chi connectivity index (χ0n) is 17.8. The molecular weight excluding hydrogens is 424 g/mol. The molecule has 0 amide bonds. The van der Waals surface area contributed by atoms with Crippen LogP contribution in [0.3, 0.4) is 0 Å². The van der Waals surface area contributed by atoms with Crippen LogP contribution in [0.1, 0.15) is 18.7 Å². The van der Waals surface area contributed by atoms with Gasteiger partial charge in [-0.1, -0.05) is 30.3 Å². The topological polar surface area (TPSA) is 87.8 Å². The Bertz CT molecular complexity index is 1370. The van der Waals surface area contributed by atoms with E-state index < -0.39 is 0 Å². The van der Waals surface area contributed by atoms with Gasteiger partial charge >= 0.3 is 0 Å². The molecule has 4 heterocycles. The lowest BCUT2D eigenvalue weighted by molar-refractivity contribution is 0.203. The maximum Gasteiger partial charge on any atom is 0.258 e. The lowest BCUT2D eigenvalue weighted by atomic mass is 10.0. The second-order valence-corrected chi connectivity index (χ2v) is 7.91. The maximum absolute atomic E-state index is 6.13. The van der Waals surface area contributed by atoms with Crippen LogP contribution < -0.4 is 9.47 Å². The number of ether oxygens (including phenoxy) is 2. The predicted molar refractivity (Wildman–Crippen MR) is 123 cm³/mol. The van der Waals surface area contributed by atoms with Gasteiger partial charge in [0, 0.05) is 35.8 Å². The van der Waals surface area contributed by atoms with Crippen molar-refractivity contribution in [3.8, 4) is 34.1 Å². The van der Waals surface area contributed by atoms with Gasteiger partial charge in [0.25, 0.3) is 5.88 Å². The van der Waals surface area contributed by atoms with Gasteiger partial charge in [0.1, 0.15) is 29.3 Å². The molecule has 32 heavy (non-hydrogen) atoms. The normalized spacial score (nSPS) is 12.1. The molecule has 0 saturated heterocycles. The molecular formula is C23H20N6O2S. The Morgan fingerprint density at radius 2 is 1.91 bits per heavy atom. The standard InChI is InChI=1S/C23H20N6O2S/c1-14(18-11-32-13-26-18)31-23-19(30-3)9-17-22(27-23)21(25-12-24-17)16-10-29(2)28-20(16)15-7-5-4-6-8-15/h4-14H,1-3H3/t14-/m0/s1. The van der Waals surface area contributed by atoms with E-state index in [0.29, 0.717) is 28.4 Å². The average molecular weight is 445 g/mol. The minimum atomic E-state index is -0.286. The second-order valence-electron chi connectivity index (χ2n) is 7.19. The number of hydrogen-bond donors (Lipinski definition) is 0. The summed E-state index contributed by atoms with van der Waals surface area (Å²) in [5.74, 6) is 0.861. The number of aryl methyl sites for hydroxylation is 1. The molecule has 0 aliphatic heterocycles. The SMILES string of the molecule is COc1cc2ncnc(-c3cn(C)nc3-c3ccccc3)c2nc1O[C@@H](C)c1cscn1. The monoisotopic (exact) mass is 444 g/mol. The molecule has 4 aromatic heterocycles. The Kier molecular flexibility index (Phi) is 5.24. The Morgan fingerprint density at radius 3 is 2.66 bits per heavy atom. The first-order valence-electron chi connectivity index (χ1n) is 9.98.